The minimum atomic E-state index is -0.429. The molecule has 1 aromatic carbocycles. The van der Waals surface area contributed by atoms with Gasteiger partial charge in [-0.2, -0.15) is 0 Å². The van der Waals surface area contributed by atoms with Gasteiger partial charge in [0.15, 0.2) is 17.2 Å². The molecule has 4 aromatic heterocycles. The number of nitrogens with zero attached hydrogens (tertiary/aromatic N) is 8. The van der Waals surface area contributed by atoms with Crippen LogP contribution in [-0.2, 0) is 16.0 Å². The molecular formula is C43H53N9O4. The van der Waals surface area contributed by atoms with Crippen LogP contribution in [0.3, 0.4) is 0 Å². The summed E-state index contributed by atoms with van der Waals surface area (Å²) in [5.41, 5.74) is 6.05. The maximum absolute atomic E-state index is 12.6. The van der Waals surface area contributed by atoms with Gasteiger partial charge < -0.3 is 34.1 Å². The van der Waals surface area contributed by atoms with Gasteiger partial charge in [-0.3, -0.25) is 4.79 Å². The van der Waals surface area contributed by atoms with Crippen LogP contribution in [0.15, 0.2) is 53.3 Å². The van der Waals surface area contributed by atoms with Crippen LogP contribution in [0.5, 0.6) is 5.75 Å². The van der Waals surface area contributed by atoms with Gasteiger partial charge in [-0.15, -0.1) is 10.2 Å². The van der Waals surface area contributed by atoms with Crippen molar-refractivity contribution in [3.63, 3.8) is 0 Å². The zero-order valence-electron chi connectivity index (χ0n) is 32.9. The number of carbonyl (C=O) groups is 1. The lowest BCUT2D eigenvalue weighted by atomic mass is 9.67. The first-order valence-corrected chi connectivity index (χ1v) is 20.6. The van der Waals surface area contributed by atoms with Crippen LogP contribution in [0.4, 0.5) is 11.8 Å². The highest BCUT2D eigenvalue weighted by molar-refractivity contribution is 5.86. The number of aromatic nitrogens is 6. The van der Waals surface area contributed by atoms with Gasteiger partial charge in [0.1, 0.15) is 11.7 Å². The molecule has 3 fully saturated rings. The van der Waals surface area contributed by atoms with Crippen molar-refractivity contribution in [2.45, 2.75) is 96.6 Å². The molecule has 1 saturated carbocycles. The van der Waals surface area contributed by atoms with Crippen molar-refractivity contribution in [3.05, 3.63) is 71.4 Å². The molecule has 0 bridgehead atoms. The van der Waals surface area contributed by atoms with Gasteiger partial charge in [-0.1, -0.05) is 31.1 Å². The van der Waals surface area contributed by atoms with Gasteiger partial charge in [-0.25, -0.2) is 9.97 Å². The summed E-state index contributed by atoms with van der Waals surface area (Å²) in [4.78, 5) is 33.3. The number of rotatable bonds is 9. The van der Waals surface area contributed by atoms with Crippen molar-refractivity contribution in [1.29, 1.82) is 0 Å². The number of fused-ring (bicyclic) bond motifs is 3. The number of ether oxygens (including phenoxy) is 1. The maximum atomic E-state index is 12.6. The third-order valence-electron chi connectivity index (χ3n) is 13.2. The van der Waals surface area contributed by atoms with Crippen molar-refractivity contribution in [2.75, 3.05) is 49.1 Å². The van der Waals surface area contributed by atoms with Gasteiger partial charge in [0.2, 0.25) is 5.95 Å². The number of hydrogen-bond acceptors (Lipinski definition) is 12. The lowest BCUT2D eigenvalue weighted by Gasteiger charge is -2.54. The molecule has 7 heterocycles. The fraction of sp³-hybridized carbons (Fsp3) is 0.535. The van der Waals surface area contributed by atoms with E-state index < -0.39 is 5.92 Å². The number of hydrogen-bond donors (Lipinski definition) is 2. The first-order chi connectivity index (χ1) is 27.2. The van der Waals surface area contributed by atoms with E-state index in [0.29, 0.717) is 41.0 Å². The zero-order valence-corrected chi connectivity index (χ0v) is 32.9. The SMILES string of the molecule is CCOC(=O)C(c1cc(N2CC3(CCC(N4CCC(c5cnc(N6CCc7[nH]c8nnc(-c9ccccc9O)cc8c7[C@H]6C)nc5)CC4)CC3)C2)no1)C(C)C. The van der Waals surface area contributed by atoms with Crippen molar-refractivity contribution < 1.29 is 19.2 Å². The standard InChI is InChI=1S/C43H53N9O4/c1-5-55-41(54)38(26(2)3)36-21-37(49-56-36)51-24-43(25-51)15-10-30(11-16-43)50-17-12-28(13-18-50)29-22-44-42(45-23-29)52-19-14-33-39(27(52)4)32-20-34(47-48-40(32)46-33)31-8-6-7-9-35(31)53/h6-9,20-23,26-28,30,38,53H,5,10-19,24-25H2,1-4H3,(H,46,48)/t27-,38?/m1/s1. The summed E-state index contributed by atoms with van der Waals surface area (Å²) in [5.74, 6) is 2.27. The van der Waals surface area contributed by atoms with Crippen LogP contribution < -0.4 is 9.80 Å². The Bertz CT molecular complexity index is 2170. The molecule has 13 heteroatoms. The molecule has 9 rings (SSSR count). The second-order valence-electron chi connectivity index (χ2n) is 16.9. The second kappa shape index (κ2) is 14.8. The van der Waals surface area contributed by atoms with Crippen molar-refractivity contribution in [3.8, 4) is 17.0 Å². The lowest BCUT2D eigenvalue weighted by molar-refractivity contribution is -0.146. The lowest BCUT2D eigenvalue weighted by Crippen LogP contribution is -2.59. The number of carbonyl (C=O) groups excluding carboxylic acids is 1. The third-order valence-corrected chi connectivity index (χ3v) is 13.2. The van der Waals surface area contributed by atoms with Gasteiger partial charge in [0.05, 0.1) is 18.3 Å². The highest BCUT2D eigenvalue weighted by atomic mass is 16.5. The summed E-state index contributed by atoms with van der Waals surface area (Å²) in [6, 6.07) is 11.9. The molecule has 1 spiro atoms. The number of para-hydroxylation sites is 1. The Morgan fingerprint density at radius 3 is 2.50 bits per heavy atom. The molecular weight excluding hydrogens is 707 g/mol. The molecule has 3 aliphatic heterocycles. The second-order valence-corrected chi connectivity index (χ2v) is 16.9. The van der Waals surface area contributed by atoms with E-state index in [1.807, 2.05) is 51.1 Å². The fourth-order valence-corrected chi connectivity index (χ4v) is 10.0. The average Bonchev–Trinajstić information content (AvgIpc) is 3.83. The number of piperidine rings is 1. The highest BCUT2D eigenvalue weighted by Crippen LogP contribution is 2.47. The molecule has 0 amide bonds. The number of benzene rings is 1. The number of H-pyrrole nitrogens is 1. The van der Waals surface area contributed by atoms with Gasteiger partial charge in [0, 0.05) is 78.2 Å². The smallest absolute Gasteiger partial charge is 0.317 e. The van der Waals surface area contributed by atoms with Crippen molar-refractivity contribution >= 4 is 28.8 Å². The Labute approximate surface area is 327 Å². The summed E-state index contributed by atoms with van der Waals surface area (Å²) < 4.78 is 11.0. The quantitative estimate of drug-likeness (QED) is 0.147. The van der Waals surface area contributed by atoms with E-state index in [1.54, 1.807) is 6.07 Å². The Balaban J connectivity index is 0.775. The highest BCUT2D eigenvalue weighted by Gasteiger charge is 2.47. The molecule has 1 unspecified atom stereocenters. The summed E-state index contributed by atoms with van der Waals surface area (Å²) in [7, 11) is 0. The van der Waals surface area contributed by atoms with Gasteiger partial charge in [-0.05, 0) is 101 Å². The molecule has 0 radical (unpaired) electrons. The number of phenols is 1. The van der Waals surface area contributed by atoms with Crippen LogP contribution >= 0.6 is 0 Å². The molecule has 13 nitrogen and oxygen atoms in total. The van der Waals surface area contributed by atoms with E-state index in [1.165, 1.54) is 42.5 Å². The summed E-state index contributed by atoms with van der Waals surface area (Å²) in [6.45, 7) is 13.5. The van der Waals surface area contributed by atoms with Crippen molar-refractivity contribution in [1.82, 2.24) is 35.2 Å². The molecule has 294 valence electrons. The largest absolute Gasteiger partial charge is 0.507 e. The molecule has 5 aromatic rings. The first-order valence-electron chi connectivity index (χ1n) is 20.6. The van der Waals surface area contributed by atoms with Gasteiger partial charge >= 0.3 is 5.97 Å². The summed E-state index contributed by atoms with van der Waals surface area (Å²) >= 11 is 0. The fourth-order valence-electron chi connectivity index (χ4n) is 10.0. The molecule has 4 aliphatic rings. The predicted octanol–water partition coefficient (Wildman–Crippen LogP) is 7.16. The van der Waals surface area contributed by atoms with E-state index in [-0.39, 0.29) is 23.7 Å². The Kier molecular flexibility index (Phi) is 9.67. The predicted molar refractivity (Wildman–Crippen MR) is 214 cm³/mol. The van der Waals surface area contributed by atoms with Crippen LogP contribution in [0.25, 0.3) is 22.3 Å². The number of esters is 1. The van der Waals surface area contributed by atoms with Gasteiger partial charge in [0.25, 0.3) is 0 Å². The molecule has 56 heavy (non-hydrogen) atoms. The summed E-state index contributed by atoms with van der Waals surface area (Å²) in [5, 5.41) is 24.7. The molecule has 2 N–H and O–H groups in total. The van der Waals surface area contributed by atoms with E-state index in [4.69, 9.17) is 19.2 Å². The van der Waals surface area contributed by atoms with Crippen LogP contribution in [0.1, 0.15) is 107 Å². The minimum absolute atomic E-state index is 0.0519. The topological polar surface area (TPSA) is 150 Å². The molecule has 2 atom stereocenters. The number of aromatic amines is 1. The first kappa shape index (κ1) is 36.6. The number of nitrogens with one attached hydrogen (secondary N) is 1. The monoisotopic (exact) mass is 759 g/mol. The van der Waals surface area contributed by atoms with Crippen LogP contribution in [-0.4, -0.2) is 91.7 Å². The number of likely N-dealkylation sites (tertiary alicyclic amines) is 1. The number of aromatic hydroxyl groups is 1. The minimum Gasteiger partial charge on any atom is -0.507 e. The molecule has 1 aliphatic carbocycles. The van der Waals surface area contributed by atoms with E-state index in [2.05, 4.69) is 54.4 Å². The average molecular weight is 760 g/mol. The van der Waals surface area contributed by atoms with E-state index in [9.17, 15) is 9.90 Å². The summed E-state index contributed by atoms with van der Waals surface area (Å²) in [6.07, 6.45) is 12.2. The number of phenolic OH excluding ortho intramolecular Hbond substituents is 1. The normalized spacial score (nSPS) is 21.1. The van der Waals surface area contributed by atoms with Crippen LogP contribution in [0.2, 0.25) is 0 Å². The Morgan fingerprint density at radius 1 is 1.04 bits per heavy atom. The number of anilines is 2. The zero-order chi connectivity index (χ0) is 38.6. The van der Waals surface area contributed by atoms with Crippen LogP contribution in [0, 0.1) is 11.3 Å². The molecule has 2 saturated heterocycles. The Morgan fingerprint density at radius 2 is 1.79 bits per heavy atom. The maximum Gasteiger partial charge on any atom is 0.317 e. The third kappa shape index (κ3) is 6.67. The van der Waals surface area contributed by atoms with Crippen molar-refractivity contribution in [2.24, 2.45) is 11.3 Å². The van der Waals surface area contributed by atoms with E-state index >= 15 is 0 Å². The Hall–Kier alpha value is -5.04. The van der Waals surface area contributed by atoms with E-state index in [0.717, 1.165) is 74.8 Å².